The van der Waals surface area contributed by atoms with Gasteiger partial charge in [-0.15, -0.1) is 0 Å². The van der Waals surface area contributed by atoms with E-state index in [4.69, 9.17) is 16.0 Å². The summed E-state index contributed by atoms with van der Waals surface area (Å²) in [6.07, 6.45) is 1.38. The molecular weight excluding hydrogens is 338 g/mol. The SMILES string of the molecule is Nc1nc(N2CC(CS(N)(=O)=O)CC2=O)nc2ncc(CO)nc12. The molecule has 0 saturated carbocycles. The lowest BCUT2D eigenvalue weighted by atomic mass is 10.1. The molecule has 0 aliphatic carbocycles. The van der Waals surface area contributed by atoms with Crippen molar-refractivity contribution in [3.05, 3.63) is 11.9 Å². The lowest BCUT2D eigenvalue weighted by Gasteiger charge is -2.15. The van der Waals surface area contributed by atoms with Gasteiger partial charge in [0.2, 0.25) is 21.9 Å². The van der Waals surface area contributed by atoms with Crippen LogP contribution in [-0.4, -0.2) is 51.7 Å². The molecule has 0 bridgehead atoms. The number of amides is 1. The summed E-state index contributed by atoms with van der Waals surface area (Å²) >= 11 is 0. The number of fused-ring (bicyclic) bond motifs is 1. The van der Waals surface area contributed by atoms with Crippen molar-refractivity contribution >= 4 is 38.9 Å². The lowest BCUT2D eigenvalue weighted by molar-refractivity contribution is -0.117. The number of carbonyl (C=O) groups is 1. The lowest BCUT2D eigenvalue weighted by Crippen LogP contribution is -2.29. The molecule has 1 aliphatic heterocycles. The van der Waals surface area contributed by atoms with Gasteiger partial charge in [-0.1, -0.05) is 0 Å². The first-order chi connectivity index (χ1) is 11.3. The Labute approximate surface area is 136 Å². The van der Waals surface area contributed by atoms with Gasteiger partial charge in [-0.3, -0.25) is 9.69 Å². The van der Waals surface area contributed by atoms with Crippen molar-refractivity contribution < 1.29 is 18.3 Å². The van der Waals surface area contributed by atoms with Gasteiger partial charge >= 0.3 is 0 Å². The van der Waals surface area contributed by atoms with Gasteiger partial charge in [0.25, 0.3) is 0 Å². The largest absolute Gasteiger partial charge is 0.390 e. The molecule has 0 spiro atoms. The van der Waals surface area contributed by atoms with Gasteiger partial charge in [0.05, 0.1) is 24.3 Å². The van der Waals surface area contributed by atoms with Gasteiger partial charge in [0, 0.05) is 18.9 Å². The Hall–Kier alpha value is -2.44. The van der Waals surface area contributed by atoms with Gasteiger partial charge in [-0.05, 0) is 0 Å². The Morgan fingerprint density at radius 3 is 2.75 bits per heavy atom. The van der Waals surface area contributed by atoms with E-state index in [2.05, 4.69) is 19.9 Å². The molecule has 3 rings (SSSR count). The monoisotopic (exact) mass is 353 g/mol. The second kappa shape index (κ2) is 5.89. The summed E-state index contributed by atoms with van der Waals surface area (Å²) in [6.45, 7) is -0.174. The van der Waals surface area contributed by atoms with Crippen LogP contribution in [0, 0.1) is 5.92 Å². The number of hydrogen-bond donors (Lipinski definition) is 3. The smallest absolute Gasteiger partial charge is 0.236 e. The number of nitrogens with two attached hydrogens (primary N) is 2. The zero-order chi connectivity index (χ0) is 17.5. The minimum atomic E-state index is -3.68. The molecule has 1 unspecified atom stereocenters. The Kier molecular flexibility index (Phi) is 4.03. The highest BCUT2D eigenvalue weighted by atomic mass is 32.2. The minimum Gasteiger partial charge on any atom is -0.390 e. The number of nitrogens with zero attached hydrogens (tertiary/aromatic N) is 5. The molecular formula is C12H15N7O4S. The van der Waals surface area contributed by atoms with Crippen LogP contribution in [0.3, 0.4) is 0 Å². The van der Waals surface area contributed by atoms with Crippen molar-refractivity contribution in [2.75, 3.05) is 22.9 Å². The first-order valence-corrected chi connectivity index (χ1v) is 8.69. The summed E-state index contributed by atoms with van der Waals surface area (Å²) < 4.78 is 22.4. The van der Waals surface area contributed by atoms with Crippen molar-refractivity contribution in [3.8, 4) is 0 Å². The number of sulfonamides is 1. The van der Waals surface area contributed by atoms with E-state index in [1.807, 2.05) is 0 Å². The van der Waals surface area contributed by atoms with E-state index in [1.54, 1.807) is 0 Å². The zero-order valence-electron chi connectivity index (χ0n) is 12.5. The topological polar surface area (TPSA) is 178 Å². The Morgan fingerprint density at radius 2 is 2.08 bits per heavy atom. The van der Waals surface area contributed by atoms with Gasteiger partial charge in [-0.2, -0.15) is 9.97 Å². The third-order valence-electron chi connectivity index (χ3n) is 3.55. The number of carbonyl (C=O) groups excluding carboxylic acids is 1. The number of nitrogen functional groups attached to an aromatic ring is 1. The highest BCUT2D eigenvalue weighted by Crippen LogP contribution is 2.25. The highest BCUT2D eigenvalue weighted by Gasteiger charge is 2.34. The molecule has 0 radical (unpaired) electrons. The maximum absolute atomic E-state index is 12.1. The van der Waals surface area contributed by atoms with Crippen LogP contribution in [0.1, 0.15) is 12.1 Å². The molecule has 2 aromatic heterocycles. The average Bonchev–Trinajstić information content (AvgIpc) is 2.85. The van der Waals surface area contributed by atoms with Crippen LogP contribution in [0.25, 0.3) is 11.2 Å². The summed E-state index contributed by atoms with van der Waals surface area (Å²) in [7, 11) is -3.68. The number of hydrogen-bond acceptors (Lipinski definition) is 9. The normalized spacial score (nSPS) is 18.5. The van der Waals surface area contributed by atoms with Crippen molar-refractivity contribution in [2.24, 2.45) is 11.1 Å². The first kappa shape index (κ1) is 16.4. The van der Waals surface area contributed by atoms with Crippen LogP contribution in [0.5, 0.6) is 0 Å². The number of aliphatic hydroxyl groups excluding tert-OH is 1. The summed E-state index contributed by atoms with van der Waals surface area (Å²) in [6, 6.07) is 0. The fourth-order valence-electron chi connectivity index (χ4n) is 2.57. The van der Waals surface area contributed by atoms with Crippen LogP contribution in [0.2, 0.25) is 0 Å². The molecule has 11 nitrogen and oxygen atoms in total. The number of aromatic nitrogens is 4. The Bertz CT molecular complexity index is 917. The van der Waals surface area contributed by atoms with Crippen molar-refractivity contribution in [1.29, 1.82) is 0 Å². The van der Waals surface area contributed by atoms with Crippen molar-refractivity contribution in [2.45, 2.75) is 13.0 Å². The molecule has 24 heavy (non-hydrogen) atoms. The van der Waals surface area contributed by atoms with Gasteiger partial charge < -0.3 is 10.8 Å². The van der Waals surface area contributed by atoms with Crippen LogP contribution in [0.15, 0.2) is 6.20 Å². The van der Waals surface area contributed by atoms with Crippen molar-refractivity contribution in [3.63, 3.8) is 0 Å². The van der Waals surface area contributed by atoms with Gasteiger partial charge in [0.15, 0.2) is 17.0 Å². The van der Waals surface area contributed by atoms with E-state index in [1.165, 1.54) is 11.1 Å². The number of primary sulfonamides is 1. The Morgan fingerprint density at radius 1 is 1.33 bits per heavy atom. The first-order valence-electron chi connectivity index (χ1n) is 6.97. The Balaban J connectivity index is 1.93. The van der Waals surface area contributed by atoms with E-state index in [0.29, 0.717) is 5.69 Å². The fourth-order valence-corrected chi connectivity index (χ4v) is 3.45. The molecule has 1 amide bonds. The molecule has 1 fully saturated rings. The van der Waals surface area contributed by atoms with E-state index in [9.17, 15) is 13.2 Å². The van der Waals surface area contributed by atoms with E-state index in [0.717, 1.165) is 0 Å². The summed E-state index contributed by atoms with van der Waals surface area (Å²) in [4.78, 5) is 29.7. The van der Waals surface area contributed by atoms with Gasteiger partial charge in [0.1, 0.15) is 0 Å². The average molecular weight is 353 g/mol. The zero-order valence-corrected chi connectivity index (χ0v) is 13.3. The highest BCUT2D eigenvalue weighted by molar-refractivity contribution is 7.89. The molecule has 0 aromatic carbocycles. The fraction of sp³-hybridized carbons (Fsp3) is 0.417. The molecule has 1 atom stereocenters. The second-order valence-corrected chi connectivity index (χ2v) is 7.16. The number of anilines is 2. The number of aliphatic hydroxyl groups is 1. The molecule has 2 aromatic rings. The molecule has 5 N–H and O–H groups in total. The van der Waals surface area contributed by atoms with Crippen molar-refractivity contribution in [1.82, 2.24) is 19.9 Å². The molecule has 128 valence electrons. The van der Waals surface area contributed by atoms with Crippen LogP contribution in [0.4, 0.5) is 11.8 Å². The molecule has 1 aliphatic rings. The van der Waals surface area contributed by atoms with Gasteiger partial charge in [-0.25, -0.2) is 23.5 Å². The predicted octanol–water partition coefficient (Wildman–Crippen LogP) is -1.86. The summed E-state index contributed by atoms with van der Waals surface area (Å²) in [5.41, 5.74) is 6.56. The molecule has 1 saturated heterocycles. The van der Waals surface area contributed by atoms with E-state index >= 15 is 0 Å². The van der Waals surface area contributed by atoms with Crippen LogP contribution < -0.4 is 15.8 Å². The maximum atomic E-state index is 12.1. The summed E-state index contributed by atoms with van der Waals surface area (Å²) in [5, 5.41) is 14.1. The van der Waals surface area contributed by atoms with E-state index < -0.39 is 15.9 Å². The third-order valence-corrected chi connectivity index (χ3v) is 4.48. The third kappa shape index (κ3) is 3.25. The van der Waals surface area contributed by atoms with Crippen LogP contribution >= 0.6 is 0 Å². The maximum Gasteiger partial charge on any atom is 0.236 e. The second-order valence-electron chi connectivity index (χ2n) is 5.50. The minimum absolute atomic E-state index is 0.0143. The predicted molar refractivity (Wildman–Crippen MR) is 83.9 cm³/mol. The quantitative estimate of drug-likeness (QED) is 0.568. The van der Waals surface area contributed by atoms with Crippen LogP contribution in [-0.2, 0) is 21.4 Å². The number of rotatable bonds is 4. The molecule has 12 heteroatoms. The molecule has 3 heterocycles. The van der Waals surface area contributed by atoms with E-state index in [-0.39, 0.29) is 54.2 Å². The summed E-state index contributed by atoms with van der Waals surface area (Å²) in [5.74, 6) is -0.996. The standard InChI is InChI=1S/C12H15N7O4S/c13-10-9-11(15-2-7(4-20)16-9)18-12(17-10)19-3-6(1-8(19)21)5-24(14,22)23/h2,6,20H,1,3-5H2,(H2,14,22,23)(H2,13,15,17,18).